The first-order valence-electron chi connectivity index (χ1n) is 9.54. The Hall–Kier alpha value is -1.43. The van der Waals surface area contributed by atoms with E-state index in [1.165, 1.54) is 12.0 Å². The molecule has 5 heteroatoms. The number of ether oxygens (including phenoxy) is 2. The van der Waals surface area contributed by atoms with Gasteiger partial charge in [-0.3, -0.25) is 9.69 Å². The van der Waals surface area contributed by atoms with E-state index in [1.807, 2.05) is 36.1 Å². The topological polar surface area (TPSA) is 42.0 Å². The van der Waals surface area contributed by atoms with Crippen molar-refractivity contribution in [1.82, 2.24) is 9.80 Å². The molecule has 0 radical (unpaired) electrons. The Morgan fingerprint density at radius 2 is 1.92 bits per heavy atom. The number of hydrogen-bond donors (Lipinski definition) is 0. The second-order valence-corrected chi connectivity index (χ2v) is 7.02. The van der Waals surface area contributed by atoms with Gasteiger partial charge in [-0.15, -0.1) is 0 Å². The molecule has 2 aliphatic heterocycles. The Morgan fingerprint density at radius 3 is 2.60 bits per heavy atom. The minimum Gasteiger partial charge on any atom is -0.353 e. The third-order valence-corrected chi connectivity index (χ3v) is 5.02. The van der Waals surface area contributed by atoms with Crippen molar-refractivity contribution in [3.63, 3.8) is 0 Å². The van der Waals surface area contributed by atoms with Gasteiger partial charge in [-0.2, -0.15) is 0 Å². The molecule has 0 N–H and O–H groups in total. The van der Waals surface area contributed by atoms with Crippen molar-refractivity contribution in [1.29, 1.82) is 0 Å². The van der Waals surface area contributed by atoms with E-state index < -0.39 is 0 Å². The second kappa shape index (κ2) is 9.32. The molecule has 0 spiro atoms. The molecular weight excluding hydrogens is 316 g/mol. The summed E-state index contributed by atoms with van der Waals surface area (Å²) in [7, 11) is 0. The van der Waals surface area contributed by atoms with Crippen LogP contribution in [-0.2, 0) is 9.47 Å². The maximum Gasteiger partial charge on any atom is 0.253 e. The number of benzene rings is 1. The van der Waals surface area contributed by atoms with Crippen LogP contribution in [0.25, 0.3) is 0 Å². The third-order valence-electron chi connectivity index (χ3n) is 5.02. The summed E-state index contributed by atoms with van der Waals surface area (Å²) in [6.07, 6.45) is 4.43. The lowest BCUT2D eigenvalue weighted by atomic mass is 10.1. The van der Waals surface area contributed by atoms with E-state index in [0.717, 1.165) is 70.8 Å². The average molecular weight is 346 g/mol. The molecule has 1 atom stereocenters. The van der Waals surface area contributed by atoms with Gasteiger partial charge >= 0.3 is 0 Å². The predicted molar refractivity (Wildman–Crippen MR) is 97.7 cm³/mol. The SMILES string of the molecule is Cc1ccc(C(=O)N2CCN(CCCO[C@@H]3CCCCO3)CC2)cc1. The highest BCUT2D eigenvalue weighted by Gasteiger charge is 2.22. The summed E-state index contributed by atoms with van der Waals surface area (Å²) in [5.41, 5.74) is 1.97. The number of nitrogens with zero attached hydrogens (tertiary/aromatic N) is 2. The normalized spacial score (nSPS) is 22.1. The van der Waals surface area contributed by atoms with Gasteiger partial charge in [0, 0.05) is 44.9 Å². The lowest BCUT2D eigenvalue weighted by molar-refractivity contribution is -0.163. The molecule has 0 saturated carbocycles. The lowest BCUT2D eigenvalue weighted by Crippen LogP contribution is -2.49. The van der Waals surface area contributed by atoms with E-state index in [9.17, 15) is 4.79 Å². The highest BCUT2D eigenvalue weighted by atomic mass is 16.7. The van der Waals surface area contributed by atoms with Gasteiger partial charge in [0.25, 0.3) is 5.91 Å². The summed E-state index contributed by atoms with van der Waals surface area (Å²) in [5.74, 6) is 0.150. The van der Waals surface area contributed by atoms with Crippen LogP contribution >= 0.6 is 0 Å². The van der Waals surface area contributed by atoms with Crippen LogP contribution in [-0.4, -0.2) is 67.9 Å². The predicted octanol–water partition coefficient (Wildman–Crippen LogP) is 2.69. The molecule has 1 aromatic carbocycles. The average Bonchev–Trinajstić information content (AvgIpc) is 2.67. The number of piperazine rings is 1. The second-order valence-electron chi connectivity index (χ2n) is 7.02. The number of carbonyl (C=O) groups is 1. The van der Waals surface area contributed by atoms with Crippen molar-refractivity contribution in [2.45, 2.75) is 38.9 Å². The highest BCUT2D eigenvalue weighted by molar-refractivity contribution is 5.94. The van der Waals surface area contributed by atoms with Crippen LogP contribution in [0.2, 0.25) is 0 Å². The van der Waals surface area contributed by atoms with E-state index in [2.05, 4.69) is 4.90 Å². The molecule has 3 rings (SSSR count). The first kappa shape index (κ1) is 18.4. The highest BCUT2D eigenvalue weighted by Crippen LogP contribution is 2.14. The Labute approximate surface area is 150 Å². The zero-order valence-electron chi connectivity index (χ0n) is 15.3. The molecule has 0 bridgehead atoms. The molecular formula is C20H30N2O3. The third kappa shape index (κ3) is 5.53. The number of amides is 1. The quantitative estimate of drug-likeness (QED) is 0.743. The van der Waals surface area contributed by atoms with Gasteiger partial charge < -0.3 is 14.4 Å². The maximum atomic E-state index is 12.5. The largest absolute Gasteiger partial charge is 0.353 e. The van der Waals surface area contributed by atoms with Gasteiger partial charge in [-0.05, 0) is 44.7 Å². The van der Waals surface area contributed by atoms with E-state index in [-0.39, 0.29) is 12.2 Å². The van der Waals surface area contributed by atoms with E-state index in [0.29, 0.717) is 0 Å². The molecule has 25 heavy (non-hydrogen) atoms. The molecule has 5 nitrogen and oxygen atoms in total. The molecule has 2 saturated heterocycles. The number of aryl methyl sites for hydroxylation is 1. The zero-order valence-corrected chi connectivity index (χ0v) is 15.3. The van der Waals surface area contributed by atoms with Gasteiger partial charge in [0.2, 0.25) is 0 Å². The van der Waals surface area contributed by atoms with Crippen molar-refractivity contribution in [3.8, 4) is 0 Å². The van der Waals surface area contributed by atoms with Crippen LogP contribution < -0.4 is 0 Å². The van der Waals surface area contributed by atoms with Crippen LogP contribution in [0, 0.1) is 6.92 Å². The summed E-state index contributed by atoms with van der Waals surface area (Å²) >= 11 is 0. The molecule has 0 unspecified atom stereocenters. The van der Waals surface area contributed by atoms with Gasteiger partial charge in [-0.1, -0.05) is 17.7 Å². The number of rotatable bonds is 6. The Kier molecular flexibility index (Phi) is 6.84. The van der Waals surface area contributed by atoms with Crippen molar-refractivity contribution < 1.29 is 14.3 Å². The van der Waals surface area contributed by atoms with Gasteiger partial charge in [0.15, 0.2) is 6.29 Å². The number of hydrogen-bond acceptors (Lipinski definition) is 4. The summed E-state index contributed by atoms with van der Waals surface area (Å²) in [6.45, 7) is 8.15. The molecule has 1 aromatic rings. The maximum absolute atomic E-state index is 12.5. The molecule has 0 aliphatic carbocycles. The summed E-state index contributed by atoms with van der Waals surface area (Å²) in [5, 5.41) is 0. The van der Waals surface area contributed by atoms with Crippen LogP contribution in [0.15, 0.2) is 24.3 Å². The fourth-order valence-corrected chi connectivity index (χ4v) is 3.40. The van der Waals surface area contributed by atoms with Gasteiger partial charge in [-0.25, -0.2) is 0 Å². The number of carbonyl (C=O) groups excluding carboxylic acids is 1. The Balaban J connectivity index is 1.33. The summed E-state index contributed by atoms with van der Waals surface area (Å²) in [4.78, 5) is 16.9. The molecule has 0 aromatic heterocycles. The van der Waals surface area contributed by atoms with E-state index in [4.69, 9.17) is 9.47 Å². The fourth-order valence-electron chi connectivity index (χ4n) is 3.40. The summed E-state index contributed by atoms with van der Waals surface area (Å²) in [6, 6.07) is 7.85. The van der Waals surface area contributed by atoms with Crippen molar-refractivity contribution in [2.75, 3.05) is 45.9 Å². The molecule has 2 fully saturated rings. The van der Waals surface area contributed by atoms with Gasteiger partial charge in [0.1, 0.15) is 0 Å². The lowest BCUT2D eigenvalue weighted by Gasteiger charge is -2.35. The van der Waals surface area contributed by atoms with Crippen molar-refractivity contribution in [2.24, 2.45) is 0 Å². The standard InChI is InChI=1S/C20H30N2O3/c1-17-6-8-18(9-7-17)20(23)22-13-11-21(12-14-22)10-4-16-25-19-5-2-3-15-24-19/h6-9,19H,2-5,10-16H2,1H3/t19-/m1/s1. The first-order valence-corrected chi connectivity index (χ1v) is 9.54. The zero-order chi connectivity index (χ0) is 17.5. The monoisotopic (exact) mass is 346 g/mol. The van der Waals surface area contributed by atoms with E-state index >= 15 is 0 Å². The molecule has 2 aliphatic rings. The van der Waals surface area contributed by atoms with Crippen molar-refractivity contribution >= 4 is 5.91 Å². The van der Waals surface area contributed by atoms with Gasteiger partial charge in [0.05, 0.1) is 6.61 Å². The van der Waals surface area contributed by atoms with Crippen LogP contribution in [0.4, 0.5) is 0 Å². The molecule has 2 heterocycles. The Bertz CT molecular complexity index is 532. The fraction of sp³-hybridized carbons (Fsp3) is 0.650. The van der Waals surface area contributed by atoms with Crippen LogP contribution in [0.1, 0.15) is 41.6 Å². The molecule has 1 amide bonds. The minimum atomic E-state index is 0.0118. The van der Waals surface area contributed by atoms with Crippen LogP contribution in [0.3, 0.4) is 0 Å². The van der Waals surface area contributed by atoms with Crippen LogP contribution in [0.5, 0.6) is 0 Å². The summed E-state index contributed by atoms with van der Waals surface area (Å²) < 4.78 is 11.4. The van der Waals surface area contributed by atoms with E-state index in [1.54, 1.807) is 0 Å². The molecule has 138 valence electrons. The van der Waals surface area contributed by atoms with Crippen molar-refractivity contribution in [3.05, 3.63) is 35.4 Å². The first-order chi connectivity index (χ1) is 12.2. The smallest absolute Gasteiger partial charge is 0.253 e. The Morgan fingerprint density at radius 1 is 1.16 bits per heavy atom. The minimum absolute atomic E-state index is 0.0118.